The van der Waals surface area contributed by atoms with Crippen LogP contribution in [0.25, 0.3) is 11.4 Å². The second-order valence-electron chi connectivity index (χ2n) is 5.34. The van der Waals surface area contributed by atoms with Gasteiger partial charge in [-0.3, -0.25) is 5.10 Å². The molecule has 1 aromatic heterocycles. The molecule has 0 aliphatic heterocycles. The third-order valence-electron chi connectivity index (χ3n) is 3.94. The summed E-state index contributed by atoms with van der Waals surface area (Å²) in [5.74, 6) is 1.81. The van der Waals surface area contributed by atoms with Crippen molar-refractivity contribution in [2.45, 2.75) is 44.9 Å². The van der Waals surface area contributed by atoms with Crippen LogP contribution >= 0.6 is 0 Å². The lowest BCUT2D eigenvalue weighted by molar-refractivity contribution is 0.429. The molecule has 0 radical (unpaired) electrons. The van der Waals surface area contributed by atoms with Crippen molar-refractivity contribution < 1.29 is 4.39 Å². The Morgan fingerprint density at radius 1 is 1.21 bits per heavy atom. The molecule has 3 rings (SSSR count). The molecular formula is C15H18FN3. The molecule has 1 saturated carbocycles. The molecule has 1 heterocycles. The molecule has 0 spiro atoms. The van der Waals surface area contributed by atoms with Crippen molar-refractivity contribution in [3.63, 3.8) is 0 Å². The Kier molecular flexibility index (Phi) is 3.32. The smallest absolute Gasteiger partial charge is 0.181 e. The number of hydrogen-bond donors (Lipinski definition) is 1. The van der Waals surface area contributed by atoms with E-state index in [0.29, 0.717) is 11.7 Å². The topological polar surface area (TPSA) is 41.6 Å². The van der Waals surface area contributed by atoms with Crippen LogP contribution in [0.5, 0.6) is 0 Å². The first-order chi connectivity index (χ1) is 9.24. The lowest BCUT2D eigenvalue weighted by Gasteiger charge is -2.18. The predicted molar refractivity (Wildman–Crippen MR) is 72.3 cm³/mol. The normalized spacial score (nSPS) is 16.7. The van der Waals surface area contributed by atoms with Crippen LogP contribution in [0.1, 0.15) is 49.4 Å². The van der Waals surface area contributed by atoms with Gasteiger partial charge in [0, 0.05) is 11.5 Å². The summed E-state index contributed by atoms with van der Waals surface area (Å²) in [7, 11) is 0. The second-order valence-corrected chi connectivity index (χ2v) is 5.34. The number of hydrogen-bond acceptors (Lipinski definition) is 2. The number of nitrogens with zero attached hydrogens (tertiary/aromatic N) is 2. The van der Waals surface area contributed by atoms with E-state index in [4.69, 9.17) is 0 Å². The highest BCUT2D eigenvalue weighted by atomic mass is 19.1. The Labute approximate surface area is 112 Å². The van der Waals surface area contributed by atoms with E-state index in [9.17, 15) is 4.39 Å². The van der Waals surface area contributed by atoms with E-state index >= 15 is 0 Å². The summed E-state index contributed by atoms with van der Waals surface area (Å²) in [6.07, 6.45) is 6.20. The minimum Gasteiger partial charge on any atom is -0.262 e. The zero-order chi connectivity index (χ0) is 13.2. The average Bonchev–Trinajstić information content (AvgIpc) is 2.92. The summed E-state index contributed by atoms with van der Waals surface area (Å²) < 4.78 is 13.3. The molecule has 2 aromatic rings. The first-order valence-electron chi connectivity index (χ1n) is 6.93. The van der Waals surface area contributed by atoms with Gasteiger partial charge in [-0.2, -0.15) is 5.10 Å². The van der Waals surface area contributed by atoms with Crippen LogP contribution < -0.4 is 0 Å². The number of aromatic nitrogens is 3. The number of rotatable bonds is 2. The Morgan fingerprint density at radius 3 is 2.79 bits per heavy atom. The van der Waals surface area contributed by atoms with E-state index in [2.05, 4.69) is 15.2 Å². The monoisotopic (exact) mass is 259 g/mol. The number of aryl methyl sites for hydroxylation is 1. The van der Waals surface area contributed by atoms with Crippen LogP contribution in [0.15, 0.2) is 18.2 Å². The Balaban J connectivity index is 1.89. The first-order valence-corrected chi connectivity index (χ1v) is 6.93. The van der Waals surface area contributed by atoms with Crippen molar-refractivity contribution in [3.8, 4) is 11.4 Å². The van der Waals surface area contributed by atoms with Crippen molar-refractivity contribution in [1.82, 2.24) is 15.2 Å². The zero-order valence-corrected chi connectivity index (χ0v) is 11.1. The van der Waals surface area contributed by atoms with Gasteiger partial charge in [0.25, 0.3) is 0 Å². The molecule has 100 valence electrons. The van der Waals surface area contributed by atoms with E-state index in [0.717, 1.165) is 17.0 Å². The fraction of sp³-hybridized carbons (Fsp3) is 0.467. The van der Waals surface area contributed by atoms with E-state index < -0.39 is 0 Å². The number of aromatic amines is 1. The summed E-state index contributed by atoms with van der Waals surface area (Å²) >= 11 is 0. The van der Waals surface area contributed by atoms with Crippen LogP contribution in [0.2, 0.25) is 0 Å². The number of benzene rings is 1. The standard InChI is InChI=1S/C15H18FN3/c1-10-7-8-12(16)9-13(10)15-17-14(18-19-15)11-5-3-2-4-6-11/h7-9,11H,2-6H2,1H3,(H,17,18,19). The van der Waals surface area contributed by atoms with Gasteiger partial charge >= 0.3 is 0 Å². The van der Waals surface area contributed by atoms with Gasteiger partial charge in [0.15, 0.2) is 5.82 Å². The van der Waals surface area contributed by atoms with Gasteiger partial charge < -0.3 is 0 Å². The Morgan fingerprint density at radius 2 is 2.00 bits per heavy atom. The molecule has 1 aliphatic rings. The molecule has 1 fully saturated rings. The molecule has 0 saturated heterocycles. The maximum atomic E-state index is 13.3. The zero-order valence-electron chi connectivity index (χ0n) is 11.1. The van der Waals surface area contributed by atoms with Crippen LogP contribution in [0.3, 0.4) is 0 Å². The first kappa shape index (κ1) is 12.3. The van der Waals surface area contributed by atoms with Gasteiger partial charge in [-0.25, -0.2) is 9.37 Å². The molecule has 1 N–H and O–H groups in total. The number of nitrogens with one attached hydrogen (secondary N) is 1. The van der Waals surface area contributed by atoms with E-state index in [1.807, 2.05) is 6.92 Å². The molecule has 1 aliphatic carbocycles. The average molecular weight is 259 g/mol. The van der Waals surface area contributed by atoms with Gasteiger partial charge in [-0.15, -0.1) is 0 Å². The highest BCUT2D eigenvalue weighted by Gasteiger charge is 2.20. The van der Waals surface area contributed by atoms with Crippen LogP contribution in [-0.4, -0.2) is 15.2 Å². The Bertz CT molecular complexity index is 571. The second kappa shape index (κ2) is 5.11. The summed E-state index contributed by atoms with van der Waals surface area (Å²) in [6.45, 7) is 1.95. The van der Waals surface area contributed by atoms with Crippen molar-refractivity contribution >= 4 is 0 Å². The van der Waals surface area contributed by atoms with Crippen LogP contribution in [-0.2, 0) is 0 Å². The predicted octanol–water partition coefficient (Wildman–Crippen LogP) is 3.97. The quantitative estimate of drug-likeness (QED) is 0.886. The van der Waals surface area contributed by atoms with Crippen LogP contribution in [0.4, 0.5) is 4.39 Å². The summed E-state index contributed by atoms with van der Waals surface area (Å²) in [5.41, 5.74) is 1.77. The van der Waals surface area contributed by atoms with Crippen LogP contribution in [0, 0.1) is 12.7 Å². The molecular weight excluding hydrogens is 241 g/mol. The van der Waals surface area contributed by atoms with E-state index in [-0.39, 0.29) is 5.82 Å². The Hall–Kier alpha value is -1.71. The SMILES string of the molecule is Cc1ccc(F)cc1-c1n[nH]c(C2CCCCC2)n1. The molecule has 0 atom stereocenters. The summed E-state index contributed by atoms with van der Waals surface area (Å²) in [6, 6.07) is 4.73. The third-order valence-corrected chi connectivity index (χ3v) is 3.94. The number of halogens is 1. The largest absolute Gasteiger partial charge is 0.262 e. The van der Waals surface area contributed by atoms with Crippen molar-refractivity contribution in [2.24, 2.45) is 0 Å². The van der Waals surface area contributed by atoms with Gasteiger partial charge in [-0.05, 0) is 37.5 Å². The van der Waals surface area contributed by atoms with Gasteiger partial charge in [0.05, 0.1) is 0 Å². The van der Waals surface area contributed by atoms with Crippen molar-refractivity contribution in [1.29, 1.82) is 0 Å². The molecule has 0 amide bonds. The van der Waals surface area contributed by atoms with Gasteiger partial charge in [0.1, 0.15) is 11.6 Å². The molecule has 1 aromatic carbocycles. The lowest BCUT2D eigenvalue weighted by Crippen LogP contribution is -2.06. The van der Waals surface area contributed by atoms with Gasteiger partial charge in [0.2, 0.25) is 0 Å². The number of H-pyrrole nitrogens is 1. The van der Waals surface area contributed by atoms with E-state index in [1.165, 1.54) is 44.2 Å². The third kappa shape index (κ3) is 2.53. The molecule has 4 heteroatoms. The lowest BCUT2D eigenvalue weighted by atomic mass is 9.89. The minimum absolute atomic E-state index is 0.246. The molecule has 0 bridgehead atoms. The fourth-order valence-corrected chi connectivity index (χ4v) is 2.79. The maximum Gasteiger partial charge on any atom is 0.181 e. The molecule has 0 unspecified atom stereocenters. The van der Waals surface area contributed by atoms with Crippen molar-refractivity contribution in [2.75, 3.05) is 0 Å². The highest BCUT2D eigenvalue weighted by molar-refractivity contribution is 5.59. The fourth-order valence-electron chi connectivity index (χ4n) is 2.79. The maximum absolute atomic E-state index is 13.3. The molecule has 3 nitrogen and oxygen atoms in total. The molecule has 19 heavy (non-hydrogen) atoms. The minimum atomic E-state index is -0.246. The summed E-state index contributed by atoms with van der Waals surface area (Å²) in [4.78, 5) is 4.57. The summed E-state index contributed by atoms with van der Waals surface area (Å²) in [5, 5.41) is 7.30. The van der Waals surface area contributed by atoms with Gasteiger partial charge in [-0.1, -0.05) is 25.3 Å². The highest BCUT2D eigenvalue weighted by Crippen LogP contribution is 2.31. The van der Waals surface area contributed by atoms with Crippen molar-refractivity contribution in [3.05, 3.63) is 35.4 Å². The van der Waals surface area contributed by atoms with E-state index in [1.54, 1.807) is 6.07 Å².